The molecule has 1 heterocycles. The highest BCUT2D eigenvalue weighted by atomic mass is 19.1. The molecule has 1 aromatic heterocycles. The molecule has 0 saturated carbocycles. The summed E-state index contributed by atoms with van der Waals surface area (Å²) >= 11 is 0. The molecule has 3 nitrogen and oxygen atoms in total. The number of aromatic nitrogens is 1. The van der Waals surface area contributed by atoms with E-state index in [4.69, 9.17) is 10.00 Å². The zero-order valence-corrected chi connectivity index (χ0v) is 9.14. The molecule has 0 unspecified atom stereocenters. The Morgan fingerprint density at radius 1 is 1.35 bits per heavy atom. The van der Waals surface area contributed by atoms with E-state index >= 15 is 0 Å². The van der Waals surface area contributed by atoms with Gasteiger partial charge in [-0.3, -0.25) is 0 Å². The molecule has 17 heavy (non-hydrogen) atoms. The fraction of sp³-hybridized carbons (Fsp3) is 0.0769. The van der Waals surface area contributed by atoms with Crippen LogP contribution in [0.25, 0.3) is 0 Å². The van der Waals surface area contributed by atoms with Gasteiger partial charge in [0.05, 0.1) is 0 Å². The van der Waals surface area contributed by atoms with Gasteiger partial charge in [-0.05, 0) is 42.8 Å². The molecule has 0 N–H and O–H groups in total. The van der Waals surface area contributed by atoms with Gasteiger partial charge in [0.1, 0.15) is 23.2 Å². The first-order valence-corrected chi connectivity index (χ1v) is 5.00. The Morgan fingerprint density at radius 2 is 2.18 bits per heavy atom. The van der Waals surface area contributed by atoms with Crippen molar-refractivity contribution in [3.8, 4) is 17.7 Å². The van der Waals surface area contributed by atoms with Crippen LogP contribution in [0.1, 0.15) is 11.1 Å². The molecule has 0 spiro atoms. The summed E-state index contributed by atoms with van der Waals surface area (Å²) in [4.78, 5) is 3.96. The molecule has 84 valence electrons. The lowest BCUT2D eigenvalue weighted by Gasteiger charge is -2.06. The van der Waals surface area contributed by atoms with Crippen molar-refractivity contribution in [1.82, 2.24) is 4.98 Å². The number of aryl methyl sites for hydroxylation is 1. The van der Waals surface area contributed by atoms with Crippen molar-refractivity contribution in [3.05, 3.63) is 53.5 Å². The molecular formula is C13H9FN2O. The predicted octanol–water partition coefficient (Wildman–Crippen LogP) is 3.19. The van der Waals surface area contributed by atoms with Crippen LogP contribution in [0, 0.1) is 24.1 Å². The minimum Gasteiger partial charge on any atom is -0.438 e. The zero-order valence-electron chi connectivity index (χ0n) is 9.14. The maximum absolute atomic E-state index is 13.1. The van der Waals surface area contributed by atoms with Gasteiger partial charge in [0.2, 0.25) is 5.88 Å². The highest BCUT2D eigenvalue weighted by molar-refractivity contribution is 5.40. The first-order chi connectivity index (χ1) is 8.20. The number of hydrogen-bond donors (Lipinski definition) is 0. The maximum Gasteiger partial charge on any atom is 0.237 e. The van der Waals surface area contributed by atoms with Gasteiger partial charge in [0.15, 0.2) is 0 Å². The third-order valence-electron chi connectivity index (χ3n) is 2.24. The van der Waals surface area contributed by atoms with Crippen LogP contribution < -0.4 is 4.74 Å². The summed E-state index contributed by atoms with van der Waals surface area (Å²) in [6, 6.07) is 9.62. The summed E-state index contributed by atoms with van der Waals surface area (Å²) in [5, 5.41) is 8.87. The van der Waals surface area contributed by atoms with Gasteiger partial charge in [-0.15, -0.1) is 0 Å². The lowest BCUT2D eigenvalue weighted by Crippen LogP contribution is -1.92. The van der Waals surface area contributed by atoms with Crippen LogP contribution in [0.3, 0.4) is 0 Å². The molecule has 0 radical (unpaired) electrons. The fourth-order valence-electron chi connectivity index (χ4n) is 1.35. The van der Waals surface area contributed by atoms with Gasteiger partial charge >= 0.3 is 0 Å². The van der Waals surface area contributed by atoms with Crippen molar-refractivity contribution in [2.24, 2.45) is 0 Å². The quantitative estimate of drug-likeness (QED) is 0.792. The maximum atomic E-state index is 13.1. The molecular weight excluding hydrogens is 219 g/mol. The number of nitriles is 1. The predicted molar refractivity (Wildman–Crippen MR) is 60.2 cm³/mol. The number of ether oxygens (including phenoxy) is 1. The first-order valence-electron chi connectivity index (χ1n) is 5.00. The van der Waals surface area contributed by atoms with Crippen LogP contribution in [0.15, 0.2) is 36.5 Å². The van der Waals surface area contributed by atoms with Gasteiger partial charge < -0.3 is 4.74 Å². The van der Waals surface area contributed by atoms with Crippen LogP contribution >= 0.6 is 0 Å². The second-order valence-electron chi connectivity index (χ2n) is 3.48. The van der Waals surface area contributed by atoms with E-state index in [-0.39, 0.29) is 11.7 Å². The van der Waals surface area contributed by atoms with Gasteiger partial charge in [-0.1, -0.05) is 0 Å². The van der Waals surface area contributed by atoms with E-state index in [2.05, 4.69) is 4.98 Å². The second kappa shape index (κ2) is 4.62. The number of hydrogen-bond acceptors (Lipinski definition) is 3. The lowest BCUT2D eigenvalue weighted by molar-refractivity contribution is 0.459. The summed E-state index contributed by atoms with van der Waals surface area (Å²) < 4.78 is 18.5. The molecule has 0 atom stereocenters. The second-order valence-corrected chi connectivity index (χ2v) is 3.48. The lowest BCUT2D eigenvalue weighted by atomic mass is 10.2. The summed E-state index contributed by atoms with van der Waals surface area (Å²) in [5.41, 5.74) is 0.825. The summed E-state index contributed by atoms with van der Waals surface area (Å²) in [6.07, 6.45) is 1.53. The summed E-state index contributed by atoms with van der Waals surface area (Å²) in [5.74, 6) is 0.388. The highest BCUT2D eigenvalue weighted by Crippen LogP contribution is 2.23. The van der Waals surface area contributed by atoms with Crippen molar-refractivity contribution < 1.29 is 9.13 Å². The molecule has 0 aliphatic rings. The van der Waals surface area contributed by atoms with Crippen LogP contribution in [0.5, 0.6) is 11.6 Å². The number of nitrogens with zero attached hydrogens (tertiary/aromatic N) is 2. The summed E-state index contributed by atoms with van der Waals surface area (Å²) in [6.45, 7) is 1.64. The van der Waals surface area contributed by atoms with Crippen LogP contribution in [-0.2, 0) is 0 Å². The van der Waals surface area contributed by atoms with E-state index in [0.29, 0.717) is 16.9 Å². The molecule has 0 aliphatic heterocycles. The van der Waals surface area contributed by atoms with Gasteiger partial charge in [0.25, 0.3) is 0 Å². The Hall–Kier alpha value is -2.41. The molecule has 4 heteroatoms. The van der Waals surface area contributed by atoms with Crippen molar-refractivity contribution in [1.29, 1.82) is 5.26 Å². The number of halogens is 1. The minimum atomic E-state index is -0.293. The van der Waals surface area contributed by atoms with Crippen molar-refractivity contribution in [2.45, 2.75) is 6.92 Å². The Balaban J connectivity index is 2.32. The van der Waals surface area contributed by atoms with E-state index in [1.54, 1.807) is 25.1 Å². The van der Waals surface area contributed by atoms with Crippen LogP contribution in [0.4, 0.5) is 4.39 Å². The average Bonchev–Trinajstić information content (AvgIpc) is 2.34. The highest BCUT2D eigenvalue weighted by Gasteiger charge is 2.06. The molecule has 0 bridgehead atoms. The van der Waals surface area contributed by atoms with E-state index < -0.39 is 0 Å². The molecule has 0 saturated heterocycles. The number of benzene rings is 1. The fourth-order valence-corrected chi connectivity index (χ4v) is 1.35. The monoisotopic (exact) mass is 228 g/mol. The molecule has 0 aliphatic carbocycles. The third-order valence-corrected chi connectivity index (χ3v) is 2.24. The molecule has 0 fully saturated rings. The Bertz CT molecular complexity index is 590. The van der Waals surface area contributed by atoms with Crippen molar-refractivity contribution in [2.75, 3.05) is 0 Å². The van der Waals surface area contributed by atoms with E-state index in [1.165, 1.54) is 18.3 Å². The molecule has 2 rings (SSSR count). The van der Waals surface area contributed by atoms with Crippen molar-refractivity contribution in [3.63, 3.8) is 0 Å². The Morgan fingerprint density at radius 3 is 2.88 bits per heavy atom. The Labute approximate surface area is 98.1 Å². The van der Waals surface area contributed by atoms with E-state index in [1.807, 2.05) is 6.07 Å². The molecule has 2 aromatic rings. The largest absolute Gasteiger partial charge is 0.438 e. The van der Waals surface area contributed by atoms with E-state index in [9.17, 15) is 4.39 Å². The van der Waals surface area contributed by atoms with Gasteiger partial charge in [-0.25, -0.2) is 9.37 Å². The normalized spacial score (nSPS) is 9.71. The summed E-state index contributed by atoms with van der Waals surface area (Å²) in [7, 11) is 0. The standard InChI is InChI=1S/C13H9FN2O/c1-9-7-11(4-5-12(9)14)17-13-10(8-15)3-2-6-16-13/h2-7H,1H3. The SMILES string of the molecule is Cc1cc(Oc2ncccc2C#N)ccc1F. The molecule has 0 amide bonds. The smallest absolute Gasteiger partial charge is 0.237 e. The van der Waals surface area contributed by atoms with Gasteiger partial charge in [0, 0.05) is 6.20 Å². The third kappa shape index (κ3) is 2.40. The minimum absolute atomic E-state index is 0.223. The molecule has 1 aromatic carbocycles. The van der Waals surface area contributed by atoms with Crippen LogP contribution in [0.2, 0.25) is 0 Å². The van der Waals surface area contributed by atoms with Crippen LogP contribution in [-0.4, -0.2) is 4.98 Å². The Kier molecular flexibility index (Phi) is 3.01. The number of pyridine rings is 1. The first kappa shape index (κ1) is 11.1. The number of rotatable bonds is 2. The topological polar surface area (TPSA) is 45.9 Å². The van der Waals surface area contributed by atoms with Crippen molar-refractivity contribution >= 4 is 0 Å². The zero-order chi connectivity index (χ0) is 12.3. The van der Waals surface area contributed by atoms with Gasteiger partial charge in [-0.2, -0.15) is 5.26 Å². The average molecular weight is 228 g/mol. The van der Waals surface area contributed by atoms with E-state index in [0.717, 1.165) is 0 Å².